The van der Waals surface area contributed by atoms with Crippen LogP contribution in [-0.4, -0.2) is 16.6 Å². The first-order valence-corrected chi connectivity index (χ1v) is 7.36. The third kappa shape index (κ3) is 3.14. The van der Waals surface area contributed by atoms with Crippen molar-refractivity contribution in [2.24, 2.45) is 0 Å². The van der Waals surface area contributed by atoms with Crippen LogP contribution in [0, 0.1) is 11.6 Å². The van der Waals surface area contributed by atoms with Gasteiger partial charge in [-0.15, -0.1) is 0 Å². The summed E-state index contributed by atoms with van der Waals surface area (Å²) in [4.78, 5) is 7.89. The minimum Gasteiger partial charge on any atom is -0.371 e. The van der Waals surface area contributed by atoms with E-state index in [0.29, 0.717) is 11.2 Å². The number of benzene rings is 1. The van der Waals surface area contributed by atoms with Gasteiger partial charge in [-0.05, 0) is 25.8 Å². The van der Waals surface area contributed by atoms with Crippen molar-refractivity contribution in [1.82, 2.24) is 9.97 Å². The standard InChI is InChI=1S/C16H20N2OS/c1-4-13(19-5-2)15-17-14(11(3)16(20)18-15)12-9-7-6-8-10-12/h6-10,13H,4-5H2,1-3H3,(H,17,18,20). The van der Waals surface area contributed by atoms with Crippen LogP contribution in [0.25, 0.3) is 11.3 Å². The summed E-state index contributed by atoms with van der Waals surface area (Å²) in [5, 5.41) is 0. The average Bonchev–Trinajstić information content (AvgIpc) is 2.48. The van der Waals surface area contributed by atoms with E-state index in [4.69, 9.17) is 17.0 Å². The van der Waals surface area contributed by atoms with Crippen LogP contribution in [0.2, 0.25) is 0 Å². The van der Waals surface area contributed by atoms with Gasteiger partial charge in [-0.25, -0.2) is 4.98 Å². The van der Waals surface area contributed by atoms with Gasteiger partial charge in [0.05, 0.1) is 5.69 Å². The van der Waals surface area contributed by atoms with Crippen LogP contribution in [0.15, 0.2) is 30.3 Å². The molecule has 4 heteroatoms. The van der Waals surface area contributed by atoms with Crippen molar-refractivity contribution in [3.8, 4) is 11.3 Å². The molecule has 0 bridgehead atoms. The Bertz CT molecular complexity index is 622. The van der Waals surface area contributed by atoms with Crippen LogP contribution in [0.1, 0.15) is 37.8 Å². The molecular weight excluding hydrogens is 268 g/mol. The summed E-state index contributed by atoms with van der Waals surface area (Å²) in [5.41, 5.74) is 3.14. The zero-order valence-electron chi connectivity index (χ0n) is 12.1. The van der Waals surface area contributed by atoms with Gasteiger partial charge in [-0.1, -0.05) is 49.5 Å². The fraction of sp³-hybridized carbons (Fsp3) is 0.375. The summed E-state index contributed by atoms with van der Waals surface area (Å²) in [6.07, 6.45) is 0.827. The molecule has 0 aliphatic rings. The Morgan fingerprint density at radius 3 is 2.55 bits per heavy atom. The quantitative estimate of drug-likeness (QED) is 0.817. The Kier molecular flexibility index (Phi) is 5.04. The van der Waals surface area contributed by atoms with Gasteiger partial charge in [0, 0.05) is 12.2 Å². The molecule has 0 aliphatic heterocycles. The fourth-order valence-corrected chi connectivity index (χ4v) is 2.39. The molecule has 0 spiro atoms. The maximum absolute atomic E-state index is 5.72. The molecule has 0 saturated carbocycles. The first-order chi connectivity index (χ1) is 9.67. The molecule has 1 N–H and O–H groups in total. The first-order valence-electron chi connectivity index (χ1n) is 6.95. The van der Waals surface area contributed by atoms with Gasteiger partial charge in [0.2, 0.25) is 0 Å². The van der Waals surface area contributed by atoms with Crippen molar-refractivity contribution in [2.75, 3.05) is 6.61 Å². The molecule has 3 nitrogen and oxygen atoms in total. The highest BCUT2D eigenvalue weighted by molar-refractivity contribution is 7.71. The van der Waals surface area contributed by atoms with Crippen molar-refractivity contribution in [3.05, 3.63) is 46.4 Å². The molecule has 2 aromatic rings. The minimum atomic E-state index is -0.0373. The van der Waals surface area contributed by atoms with E-state index >= 15 is 0 Å². The second-order valence-corrected chi connectivity index (χ2v) is 5.03. The second kappa shape index (κ2) is 6.77. The molecule has 2 rings (SSSR count). The van der Waals surface area contributed by atoms with Crippen LogP contribution in [0.4, 0.5) is 0 Å². The van der Waals surface area contributed by atoms with E-state index < -0.39 is 0 Å². The number of aromatic amines is 1. The molecule has 1 unspecified atom stereocenters. The Labute approximate surface area is 125 Å². The van der Waals surface area contributed by atoms with Crippen LogP contribution in [0.3, 0.4) is 0 Å². The van der Waals surface area contributed by atoms with E-state index in [9.17, 15) is 0 Å². The SMILES string of the molecule is CCOC(CC)c1nc(=S)c(C)c(-c2ccccc2)[nH]1. The van der Waals surface area contributed by atoms with Crippen molar-refractivity contribution >= 4 is 12.2 Å². The van der Waals surface area contributed by atoms with Gasteiger partial charge < -0.3 is 9.72 Å². The number of ether oxygens (including phenoxy) is 1. The molecule has 1 heterocycles. The van der Waals surface area contributed by atoms with Crippen molar-refractivity contribution in [1.29, 1.82) is 0 Å². The number of hydrogen-bond donors (Lipinski definition) is 1. The Morgan fingerprint density at radius 1 is 1.25 bits per heavy atom. The number of nitrogens with zero attached hydrogens (tertiary/aromatic N) is 1. The van der Waals surface area contributed by atoms with Crippen molar-refractivity contribution in [2.45, 2.75) is 33.3 Å². The molecule has 0 amide bonds. The number of nitrogens with one attached hydrogen (secondary N) is 1. The van der Waals surface area contributed by atoms with Crippen LogP contribution < -0.4 is 0 Å². The van der Waals surface area contributed by atoms with Gasteiger partial charge in [-0.3, -0.25) is 0 Å². The number of aromatic nitrogens is 2. The van der Waals surface area contributed by atoms with Gasteiger partial charge in [0.25, 0.3) is 0 Å². The number of H-pyrrole nitrogens is 1. The smallest absolute Gasteiger partial charge is 0.137 e. The lowest BCUT2D eigenvalue weighted by atomic mass is 10.1. The summed E-state index contributed by atoms with van der Waals surface area (Å²) >= 11 is 5.39. The largest absolute Gasteiger partial charge is 0.371 e. The Balaban J connectivity index is 2.53. The molecule has 1 aromatic carbocycles. The highest BCUT2D eigenvalue weighted by atomic mass is 32.1. The molecule has 0 aliphatic carbocycles. The van der Waals surface area contributed by atoms with Crippen LogP contribution >= 0.6 is 12.2 Å². The van der Waals surface area contributed by atoms with Crippen LogP contribution in [-0.2, 0) is 4.74 Å². The highest BCUT2D eigenvalue weighted by Gasteiger charge is 2.14. The molecule has 0 radical (unpaired) electrons. The van der Waals surface area contributed by atoms with E-state index in [2.05, 4.69) is 29.0 Å². The summed E-state index contributed by atoms with van der Waals surface area (Å²) < 4.78 is 6.36. The van der Waals surface area contributed by atoms with Gasteiger partial charge in [0.1, 0.15) is 16.6 Å². The molecule has 106 valence electrons. The molecular formula is C16H20N2OS. The molecule has 0 saturated heterocycles. The predicted octanol–water partition coefficient (Wildman–Crippen LogP) is 4.60. The average molecular weight is 288 g/mol. The van der Waals surface area contributed by atoms with E-state index in [-0.39, 0.29) is 6.10 Å². The topological polar surface area (TPSA) is 37.9 Å². The molecule has 0 fully saturated rings. The van der Waals surface area contributed by atoms with Gasteiger partial charge >= 0.3 is 0 Å². The minimum absolute atomic E-state index is 0.0373. The fourth-order valence-electron chi connectivity index (χ4n) is 2.19. The third-order valence-electron chi connectivity index (χ3n) is 3.28. The number of hydrogen-bond acceptors (Lipinski definition) is 3. The zero-order chi connectivity index (χ0) is 14.5. The van der Waals surface area contributed by atoms with E-state index in [0.717, 1.165) is 29.1 Å². The normalized spacial score (nSPS) is 12.3. The monoisotopic (exact) mass is 288 g/mol. The third-order valence-corrected chi connectivity index (χ3v) is 3.67. The van der Waals surface area contributed by atoms with E-state index in [1.165, 1.54) is 0 Å². The molecule has 1 atom stereocenters. The van der Waals surface area contributed by atoms with Gasteiger partial charge in [-0.2, -0.15) is 0 Å². The Hall–Kier alpha value is -1.52. The first kappa shape index (κ1) is 14.9. The van der Waals surface area contributed by atoms with E-state index in [1.54, 1.807) is 0 Å². The van der Waals surface area contributed by atoms with Crippen molar-refractivity contribution < 1.29 is 4.74 Å². The lowest BCUT2D eigenvalue weighted by molar-refractivity contribution is 0.0534. The summed E-state index contributed by atoms with van der Waals surface area (Å²) in [6.45, 7) is 6.74. The molecule has 1 aromatic heterocycles. The second-order valence-electron chi connectivity index (χ2n) is 4.65. The lowest BCUT2D eigenvalue weighted by Gasteiger charge is -2.17. The summed E-state index contributed by atoms with van der Waals surface area (Å²) in [5.74, 6) is 0.809. The Morgan fingerprint density at radius 2 is 1.95 bits per heavy atom. The number of rotatable bonds is 5. The van der Waals surface area contributed by atoms with E-state index in [1.807, 2.05) is 32.0 Å². The lowest BCUT2D eigenvalue weighted by Crippen LogP contribution is -2.10. The maximum atomic E-state index is 5.72. The highest BCUT2D eigenvalue weighted by Crippen LogP contribution is 2.25. The summed E-state index contributed by atoms with van der Waals surface area (Å²) in [7, 11) is 0. The van der Waals surface area contributed by atoms with Gasteiger partial charge in [0.15, 0.2) is 0 Å². The maximum Gasteiger partial charge on any atom is 0.137 e. The van der Waals surface area contributed by atoms with Crippen LogP contribution in [0.5, 0.6) is 0 Å². The molecule has 20 heavy (non-hydrogen) atoms. The zero-order valence-corrected chi connectivity index (χ0v) is 13.0. The predicted molar refractivity (Wildman–Crippen MR) is 84.3 cm³/mol. The summed E-state index contributed by atoms with van der Waals surface area (Å²) in [6, 6.07) is 10.2. The van der Waals surface area contributed by atoms with Crippen molar-refractivity contribution in [3.63, 3.8) is 0 Å².